The van der Waals surface area contributed by atoms with Gasteiger partial charge in [0.05, 0.1) is 5.52 Å². The average molecular weight is 604 g/mol. The number of likely N-dealkylation sites (tertiary alicyclic amines) is 1. The normalized spacial score (nSPS) is 13.6. The van der Waals surface area contributed by atoms with Crippen molar-refractivity contribution in [2.75, 3.05) is 13.1 Å². The van der Waals surface area contributed by atoms with E-state index in [-0.39, 0.29) is 36.6 Å². The van der Waals surface area contributed by atoms with E-state index in [2.05, 4.69) is 10.3 Å². The number of benzene rings is 3. The zero-order chi connectivity index (χ0) is 29.5. The van der Waals surface area contributed by atoms with Gasteiger partial charge in [-0.2, -0.15) is 0 Å². The lowest BCUT2D eigenvalue weighted by Gasteiger charge is -2.39. The first kappa shape index (κ1) is 29.5. The SMILES string of the molecule is O=C(CCC(=O)N1CCC(N(Cc2ccccc2)C(=O)c2cc(Cl)cc(Cl)c2)CC1)NCc1ccnc2ccccc12. The first-order valence-corrected chi connectivity index (χ1v) is 14.8. The molecule has 0 atom stereocenters. The molecule has 216 valence electrons. The van der Waals surface area contributed by atoms with Gasteiger partial charge in [0.2, 0.25) is 11.8 Å². The van der Waals surface area contributed by atoms with Crippen molar-refractivity contribution in [3.05, 3.63) is 112 Å². The van der Waals surface area contributed by atoms with Gasteiger partial charge in [-0.1, -0.05) is 71.7 Å². The summed E-state index contributed by atoms with van der Waals surface area (Å²) in [4.78, 5) is 47.2. The summed E-state index contributed by atoms with van der Waals surface area (Å²) in [5.41, 5.74) is 3.32. The van der Waals surface area contributed by atoms with Crippen LogP contribution in [0.5, 0.6) is 0 Å². The van der Waals surface area contributed by atoms with E-state index in [4.69, 9.17) is 23.2 Å². The standard InChI is InChI=1S/C33H32Cl2N4O3/c34-26-18-25(19-27(35)20-26)33(42)39(22-23-6-2-1-3-7-23)28-13-16-38(17-14-28)32(41)11-10-31(40)37-21-24-12-15-36-30-9-5-4-8-29(24)30/h1-9,12,15,18-20,28H,10-11,13-14,16-17,21-22H2,(H,37,40). The molecule has 1 aliphatic rings. The number of hydrogen-bond acceptors (Lipinski definition) is 4. The van der Waals surface area contributed by atoms with Gasteiger partial charge in [0.1, 0.15) is 0 Å². The van der Waals surface area contributed by atoms with Crippen molar-refractivity contribution in [1.82, 2.24) is 20.1 Å². The molecule has 2 heterocycles. The molecule has 5 rings (SSSR count). The number of halogens is 2. The van der Waals surface area contributed by atoms with Gasteiger partial charge >= 0.3 is 0 Å². The molecule has 0 spiro atoms. The summed E-state index contributed by atoms with van der Waals surface area (Å²) in [6.45, 7) is 1.85. The molecule has 7 nitrogen and oxygen atoms in total. The number of rotatable bonds is 9. The number of piperidine rings is 1. The van der Waals surface area contributed by atoms with E-state index in [0.717, 1.165) is 22.0 Å². The Hall–Kier alpha value is -3.94. The van der Waals surface area contributed by atoms with E-state index in [0.29, 0.717) is 54.6 Å². The lowest BCUT2D eigenvalue weighted by atomic mass is 10.00. The number of carbonyl (C=O) groups excluding carboxylic acids is 3. The minimum atomic E-state index is -0.168. The molecular weight excluding hydrogens is 571 g/mol. The summed E-state index contributed by atoms with van der Waals surface area (Å²) in [5, 5.41) is 4.74. The molecule has 0 saturated carbocycles. The van der Waals surface area contributed by atoms with Crippen molar-refractivity contribution in [1.29, 1.82) is 0 Å². The van der Waals surface area contributed by atoms with Crippen LogP contribution in [0.15, 0.2) is 85.1 Å². The number of hydrogen-bond donors (Lipinski definition) is 1. The Morgan fingerprint density at radius 3 is 2.31 bits per heavy atom. The van der Waals surface area contributed by atoms with E-state index in [1.165, 1.54) is 0 Å². The van der Waals surface area contributed by atoms with Crippen LogP contribution in [0.1, 0.15) is 47.2 Å². The Kier molecular flexibility index (Phi) is 9.72. The second-order valence-corrected chi connectivity index (χ2v) is 11.3. The fraction of sp³-hybridized carbons (Fsp3) is 0.273. The van der Waals surface area contributed by atoms with Gasteiger partial charge in [-0.3, -0.25) is 19.4 Å². The quantitative estimate of drug-likeness (QED) is 0.245. The Balaban J connectivity index is 1.15. The molecule has 42 heavy (non-hydrogen) atoms. The molecule has 0 unspecified atom stereocenters. The van der Waals surface area contributed by atoms with E-state index in [9.17, 15) is 14.4 Å². The number of fused-ring (bicyclic) bond motifs is 1. The van der Waals surface area contributed by atoms with Crippen LogP contribution in [-0.2, 0) is 22.7 Å². The van der Waals surface area contributed by atoms with Gasteiger partial charge in [0.15, 0.2) is 0 Å². The predicted octanol–water partition coefficient (Wildman–Crippen LogP) is 6.27. The van der Waals surface area contributed by atoms with Crippen molar-refractivity contribution >= 4 is 51.8 Å². The second-order valence-electron chi connectivity index (χ2n) is 10.5. The average Bonchev–Trinajstić information content (AvgIpc) is 3.01. The van der Waals surface area contributed by atoms with E-state index in [1.807, 2.05) is 65.6 Å². The fourth-order valence-electron chi connectivity index (χ4n) is 5.39. The summed E-state index contributed by atoms with van der Waals surface area (Å²) >= 11 is 12.4. The molecule has 1 N–H and O–H groups in total. The Bertz CT molecular complexity index is 1550. The van der Waals surface area contributed by atoms with Gasteiger partial charge in [-0.05, 0) is 54.3 Å². The molecule has 1 aliphatic heterocycles. The van der Waals surface area contributed by atoms with Crippen LogP contribution in [0.2, 0.25) is 10.0 Å². The Morgan fingerprint density at radius 1 is 0.881 bits per heavy atom. The third-order valence-corrected chi connectivity index (χ3v) is 8.04. The van der Waals surface area contributed by atoms with Crippen molar-refractivity contribution in [2.24, 2.45) is 0 Å². The van der Waals surface area contributed by atoms with Crippen LogP contribution in [-0.4, -0.2) is 51.6 Å². The monoisotopic (exact) mass is 602 g/mol. The summed E-state index contributed by atoms with van der Waals surface area (Å²) in [7, 11) is 0. The van der Waals surface area contributed by atoms with E-state index in [1.54, 1.807) is 29.3 Å². The first-order valence-electron chi connectivity index (χ1n) is 14.1. The largest absolute Gasteiger partial charge is 0.352 e. The second kappa shape index (κ2) is 13.8. The lowest BCUT2D eigenvalue weighted by molar-refractivity contribution is -0.134. The smallest absolute Gasteiger partial charge is 0.254 e. The predicted molar refractivity (Wildman–Crippen MR) is 165 cm³/mol. The summed E-state index contributed by atoms with van der Waals surface area (Å²) in [6, 6.07) is 24.3. The summed E-state index contributed by atoms with van der Waals surface area (Å²) < 4.78 is 0. The van der Waals surface area contributed by atoms with Crippen LogP contribution in [0, 0.1) is 0 Å². The minimum absolute atomic E-state index is 0.0551. The molecular formula is C33H32Cl2N4O3. The first-order chi connectivity index (χ1) is 20.4. The van der Waals surface area contributed by atoms with Crippen LogP contribution in [0.4, 0.5) is 0 Å². The van der Waals surface area contributed by atoms with E-state index >= 15 is 0 Å². The summed E-state index contributed by atoms with van der Waals surface area (Å²) in [5.74, 6) is -0.369. The van der Waals surface area contributed by atoms with Crippen LogP contribution >= 0.6 is 23.2 Å². The highest BCUT2D eigenvalue weighted by atomic mass is 35.5. The molecule has 1 fully saturated rings. The maximum Gasteiger partial charge on any atom is 0.254 e. The molecule has 0 radical (unpaired) electrons. The molecule has 0 bridgehead atoms. The van der Waals surface area contributed by atoms with Crippen LogP contribution < -0.4 is 5.32 Å². The summed E-state index contributed by atoms with van der Waals surface area (Å²) in [6.07, 6.45) is 3.27. The van der Waals surface area contributed by atoms with Crippen LogP contribution in [0.25, 0.3) is 10.9 Å². The lowest BCUT2D eigenvalue weighted by Crippen LogP contribution is -2.48. The van der Waals surface area contributed by atoms with Gasteiger partial charge in [0.25, 0.3) is 5.91 Å². The third-order valence-electron chi connectivity index (χ3n) is 7.61. The minimum Gasteiger partial charge on any atom is -0.352 e. The number of para-hydroxylation sites is 1. The molecule has 1 aromatic heterocycles. The number of pyridine rings is 1. The van der Waals surface area contributed by atoms with Crippen molar-refractivity contribution in [2.45, 2.75) is 44.8 Å². The van der Waals surface area contributed by atoms with Gasteiger partial charge < -0.3 is 15.1 Å². The maximum atomic E-state index is 13.7. The number of carbonyl (C=O) groups is 3. The molecule has 3 amide bonds. The van der Waals surface area contributed by atoms with Crippen molar-refractivity contribution < 1.29 is 14.4 Å². The fourth-order valence-corrected chi connectivity index (χ4v) is 5.91. The molecule has 0 aliphatic carbocycles. The zero-order valence-electron chi connectivity index (χ0n) is 23.1. The Labute approximate surface area is 255 Å². The number of nitrogens with zero attached hydrogens (tertiary/aromatic N) is 3. The van der Waals surface area contributed by atoms with Gasteiger partial charge in [-0.15, -0.1) is 0 Å². The number of amides is 3. The highest BCUT2D eigenvalue weighted by molar-refractivity contribution is 6.35. The maximum absolute atomic E-state index is 13.7. The molecule has 1 saturated heterocycles. The highest BCUT2D eigenvalue weighted by Gasteiger charge is 2.30. The van der Waals surface area contributed by atoms with Crippen molar-refractivity contribution in [3.8, 4) is 0 Å². The van der Waals surface area contributed by atoms with E-state index < -0.39 is 0 Å². The molecule has 3 aromatic carbocycles. The molecule has 9 heteroatoms. The number of nitrogens with one attached hydrogen (secondary N) is 1. The third kappa shape index (κ3) is 7.46. The highest BCUT2D eigenvalue weighted by Crippen LogP contribution is 2.25. The zero-order valence-corrected chi connectivity index (χ0v) is 24.7. The van der Waals surface area contributed by atoms with Crippen LogP contribution in [0.3, 0.4) is 0 Å². The van der Waals surface area contributed by atoms with Crippen molar-refractivity contribution in [3.63, 3.8) is 0 Å². The van der Waals surface area contributed by atoms with Gasteiger partial charge in [-0.25, -0.2) is 0 Å². The molecule has 4 aromatic rings. The topological polar surface area (TPSA) is 82.6 Å². The Morgan fingerprint density at radius 2 is 1.57 bits per heavy atom. The number of aromatic nitrogens is 1. The van der Waals surface area contributed by atoms with Gasteiger partial charge in [0, 0.05) is 72.3 Å².